The van der Waals surface area contributed by atoms with Gasteiger partial charge in [-0.05, 0) is 42.3 Å². The number of phenolic OH excluding ortho intramolecular Hbond substituents is 1. The van der Waals surface area contributed by atoms with Gasteiger partial charge in [0.25, 0.3) is 0 Å². The number of nitrogens with one attached hydrogen (secondary N) is 1. The highest BCUT2D eigenvalue weighted by molar-refractivity contribution is 5.91. The Morgan fingerprint density at radius 1 is 1.10 bits per heavy atom. The van der Waals surface area contributed by atoms with Gasteiger partial charge >= 0.3 is 6.03 Å². The summed E-state index contributed by atoms with van der Waals surface area (Å²) in [5.41, 5.74) is 1.66. The number of urea groups is 1. The number of hydrogen-bond donors (Lipinski definition) is 2. The highest BCUT2D eigenvalue weighted by Gasteiger charge is 2.50. The van der Waals surface area contributed by atoms with Crippen molar-refractivity contribution in [1.29, 1.82) is 0 Å². The van der Waals surface area contributed by atoms with Crippen LogP contribution in [-0.4, -0.2) is 95.4 Å². The lowest BCUT2D eigenvalue weighted by Gasteiger charge is -2.54. The van der Waals surface area contributed by atoms with Crippen molar-refractivity contribution in [2.45, 2.75) is 32.1 Å². The third-order valence-electron chi connectivity index (χ3n) is 6.74. The fourth-order valence-corrected chi connectivity index (χ4v) is 4.90. The van der Waals surface area contributed by atoms with Gasteiger partial charge in [-0.2, -0.15) is 0 Å². The summed E-state index contributed by atoms with van der Waals surface area (Å²) in [7, 11) is 3.24. The van der Waals surface area contributed by atoms with Crippen molar-refractivity contribution in [3.05, 3.63) is 72.0 Å². The minimum atomic E-state index is -0.803. The van der Waals surface area contributed by atoms with E-state index in [0.717, 1.165) is 11.1 Å². The number of hydrazine groups is 1. The van der Waals surface area contributed by atoms with Crippen LogP contribution in [0.25, 0.3) is 0 Å². The molecule has 2 aliphatic heterocycles. The lowest BCUT2D eigenvalue weighted by atomic mass is 9.98. The summed E-state index contributed by atoms with van der Waals surface area (Å²) in [6, 6.07) is 12.7. The highest BCUT2D eigenvalue weighted by atomic mass is 16.5. The molecule has 2 heterocycles. The third-order valence-corrected chi connectivity index (χ3v) is 6.74. The van der Waals surface area contributed by atoms with Crippen LogP contribution in [0.4, 0.5) is 4.79 Å². The first-order valence-electron chi connectivity index (χ1n) is 12.7. The van der Waals surface area contributed by atoms with Gasteiger partial charge in [-0.3, -0.25) is 9.59 Å². The fraction of sp³-hybridized carbons (Fsp3) is 0.393. The van der Waals surface area contributed by atoms with E-state index in [1.165, 1.54) is 9.91 Å². The SMILES string of the molecule is C=C(C)Oc1ccc(CNC(=O)N2[C@H]3CN(CCOC)C(=O)[C@H](Cc4ccc(O)cc4)N3C(=O)CN2C)cc1. The Morgan fingerprint density at radius 2 is 1.77 bits per heavy atom. The quantitative estimate of drug-likeness (QED) is 0.470. The van der Waals surface area contributed by atoms with Crippen molar-refractivity contribution in [3.63, 3.8) is 0 Å². The van der Waals surface area contributed by atoms with Gasteiger partial charge in [0.1, 0.15) is 23.7 Å². The molecule has 39 heavy (non-hydrogen) atoms. The molecule has 11 heteroatoms. The highest BCUT2D eigenvalue weighted by Crippen LogP contribution is 2.28. The maximum Gasteiger partial charge on any atom is 0.334 e. The second kappa shape index (κ2) is 12.2. The molecular weight excluding hydrogens is 502 g/mol. The van der Waals surface area contributed by atoms with Crippen molar-refractivity contribution < 1.29 is 29.0 Å². The molecule has 208 valence electrons. The molecular formula is C28H35N5O6. The van der Waals surface area contributed by atoms with E-state index in [4.69, 9.17) is 9.47 Å². The molecule has 2 aromatic carbocycles. The maximum absolute atomic E-state index is 13.5. The zero-order valence-corrected chi connectivity index (χ0v) is 22.5. The van der Waals surface area contributed by atoms with E-state index in [2.05, 4.69) is 11.9 Å². The van der Waals surface area contributed by atoms with Crippen LogP contribution in [0.3, 0.4) is 0 Å². The molecule has 0 aliphatic carbocycles. The van der Waals surface area contributed by atoms with E-state index in [1.54, 1.807) is 67.4 Å². The number of aromatic hydroxyl groups is 1. The molecule has 0 unspecified atom stereocenters. The van der Waals surface area contributed by atoms with Gasteiger partial charge < -0.3 is 29.7 Å². The van der Waals surface area contributed by atoms with Gasteiger partial charge in [-0.1, -0.05) is 30.8 Å². The maximum atomic E-state index is 13.5. The number of methoxy groups -OCH3 is 1. The van der Waals surface area contributed by atoms with Crippen molar-refractivity contribution in [2.75, 3.05) is 40.4 Å². The summed E-state index contributed by atoms with van der Waals surface area (Å²) < 4.78 is 10.7. The van der Waals surface area contributed by atoms with Crippen LogP contribution in [0.1, 0.15) is 18.1 Å². The topological polar surface area (TPSA) is 115 Å². The number of amides is 4. The number of rotatable bonds is 9. The number of hydrogen-bond acceptors (Lipinski definition) is 7. The van der Waals surface area contributed by atoms with E-state index >= 15 is 0 Å². The zero-order chi connectivity index (χ0) is 28.1. The molecule has 2 saturated heterocycles. The average Bonchev–Trinajstić information content (AvgIpc) is 2.89. The van der Waals surface area contributed by atoms with E-state index in [1.807, 2.05) is 12.1 Å². The van der Waals surface area contributed by atoms with E-state index in [0.29, 0.717) is 24.7 Å². The number of allylic oxidation sites excluding steroid dienone is 1. The van der Waals surface area contributed by atoms with Crippen LogP contribution >= 0.6 is 0 Å². The Balaban J connectivity index is 1.55. The molecule has 0 spiro atoms. The molecule has 2 fully saturated rings. The van der Waals surface area contributed by atoms with Crippen molar-refractivity contribution >= 4 is 17.8 Å². The van der Waals surface area contributed by atoms with E-state index in [9.17, 15) is 19.5 Å². The Kier molecular flexibility index (Phi) is 8.72. The molecule has 4 amide bonds. The van der Waals surface area contributed by atoms with Crippen molar-refractivity contribution in [1.82, 2.24) is 25.1 Å². The number of carbonyl (C=O) groups excluding carboxylic acids is 3. The predicted octanol–water partition coefficient (Wildman–Crippen LogP) is 1.93. The number of phenols is 1. The Hall–Kier alpha value is -4.09. The number of ether oxygens (including phenoxy) is 2. The van der Waals surface area contributed by atoms with Gasteiger partial charge in [0.2, 0.25) is 11.8 Å². The standard InChI is InChI=1S/C28H35N5O6/c1-19(2)39-23-11-7-21(8-12-23)16-29-28(37)33-25-17-31(13-14-38-4)27(36)24(32(25)26(35)18-30(33)3)15-20-5-9-22(34)10-6-20/h5-12,24-25,34H,1,13-18H2,2-4H3,(H,29,37)/t24-,25-/m0/s1. The molecule has 0 radical (unpaired) electrons. The molecule has 2 atom stereocenters. The van der Waals surface area contributed by atoms with Gasteiger partial charge in [0.15, 0.2) is 0 Å². The molecule has 4 rings (SSSR count). The predicted molar refractivity (Wildman–Crippen MR) is 143 cm³/mol. The number of likely N-dealkylation sites (N-methyl/N-ethyl adjacent to an activating group) is 1. The number of benzene rings is 2. The monoisotopic (exact) mass is 537 g/mol. The Bertz CT molecular complexity index is 1200. The van der Waals surface area contributed by atoms with Crippen LogP contribution in [0.2, 0.25) is 0 Å². The minimum absolute atomic E-state index is 0.0473. The van der Waals surface area contributed by atoms with Gasteiger partial charge in [0.05, 0.1) is 25.5 Å². The van der Waals surface area contributed by atoms with Crippen LogP contribution in [0.5, 0.6) is 11.5 Å². The van der Waals surface area contributed by atoms with Crippen molar-refractivity contribution in [2.24, 2.45) is 0 Å². The summed E-state index contributed by atoms with van der Waals surface area (Å²) in [6.07, 6.45) is -0.443. The fourth-order valence-electron chi connectivity index (χ4n) is 4.90. The third kappa shape index (κ3) is 6.50. The van der Waals surface area contributed by atoms with E-state index in [-0.39, 0.29) is 49.7 Å². The summed E-state index contributed by atoms with van der Waals surface area (Å²) in [5.74, 6) is 0.919. The van der Waals surface area contributed by atoms with Crippen LogP contribution in [-0.2, 0) is 27.3 Å². The molecule has 0 saturated carbocycles. The van der Waals surface area contributed by atoms with Crippen LogP contribution in [0.15, 0.2) is 60.9 Å². The van der Waals surface area contributed by atoms with Crippen molar-refractivity contribution in [3.8, 4) is 11.5 Å². The second-order valence-corrected chi connectivity index (χ2v) is 9.71. The molecule has 2 N–H and O–H groups in total. The first-order valence-corrected chi connectivity index (χ1v) is 12.7. The lowest BCUT2D eigenvalue weighted by molar-refractivity contribution is -0.187. The number of piperazine rings is 1. The van der Waals surface area contributed by atoms with Gasteiger partial charge in [-0.25, -0.2) is 14.8 Å². The summed E-state index contributed by atoms with van der Waals surface area (Å²) >= 11 is 0. The Labute approximate surface area is 228 Å². The van der Waals surface area contributed by atoms with Crippen LogP contribution < -0.4 is 10.1 Å². The number of carbonyl (C=O) groups is 3. The summed E-state index contributed by atoms with van der Waals surface area (Å²) in [4.78, 5) is 43.5. The molecule has 11 nitrogen and oxygen atoms in total. The number of nitrogens with zero attached hydrogens (tertiary/aromatic N) is 4. The zero-order valence-electron chi connectivity index (χ0n) is 22.5. The number of fused-ring (bicyclic) bond motifs is 1. The normalized spacial score (nSPS) is 19.6. The average molecular weight is 538 g/mol. The largest absolute Gasteiger partial charge is 0.508 e. The Morgan fingerprint density at radius 3 is 2.41 bits per heavy atom. The molecule has 2 aliphatic rings. The summed E-state index contributed by atoms with van der Waals surface area (Å²) in [6.45, 7) is 6.53. The molecule has 2 aromatic rings. The minimum Gasteiger partial charge on any atom is -0.508 e. The second-order valence-electron chi connectivity index (χ2n) is 9.71. The van der Waals surface area contributed by atoms with Gasteiger partial charge in [0, 0.05) is 33.7 Å². The summed E-state index contributed by atoms with van der Waals surface area (Å²) in [5, 5.41) is 15.7. The molecule has 0 bridgehead atoms. The molecule has 0 aromatic heterocycles. The lowest BCUT2D eigenvalue weighted by Crippen LogP contribution is -2.76. The van der Waals surface area contributed by atoms with Crippen LogP contribution in [0, 0.1) is 0 Å². The van der Waals surface area contributed by atoms with E-state index < -0.39 is 12.2 Å². The smallest absolute Gasteiger partial charge is 0.334 e. The first-order chi connectivity index (χ1) is 18.7. The first kappa shape index (κ1) is 27.9. The van der Waals surface area contributed by atoms with Gasteiger partial charge in [-0.15, -0.1) is 0 Å².